The van der Waals surface area contributed by atoms with Gasteiger partial charge >= 0.3 is 5.97 Å². The number of carbonyl (C=O) groups is 1. The molecule has 0 saturated carbocycles. The second kappa shape index (κ2) is 3.21. The summed E-state index contributed by atoms with van der Waals surface area (Å²) in [5.41, 5.74) is 0.0790. The summed E-state index contributed by atoms with van der Waals surface area (Å²) in [4.78, 5) is 24.2. The predicted octanol–water partition coefficient (Wildman–Crippen LogP) is 0.635. The lowest BCUT2D eigenvalue weighted by Gasteiger charge is -1.96. The summed E-state index contributed by atoms with van der Waals surface area (Å²) in [6.07, 6.45) is 1.92. The topological polar surface area (TPSA) is 70.2 Å². The van der Waals surface area contributed by atoms with Crippen LogP contribution in [0.1, 0.15) is 23.0 Å². The molecule has 0 unspecified atom stereocenters. The molecule has 1 aromatic heterocycles. The van der Waals surface area contributed by atoms with Gasteiger partial charge in [0.1, 0.15) is 5.56 Å². The van der Waals surface area contributed by atoms with Crippen LogP contribution in [0.15, 0.2) is 17.1 Å². The van der Waals surface area contributed by atoms with Gasteiger partial charge in [-0.1, -0.05) is 6.92 Å². The molecule has 1 heterocycles. The Morgan fingerprint density at radius 3 is 2.75 bits per heavy atom. The van der Waals surface area contributed by atoms with Gasteiger partial charge < -0.3 is 10.1 Å². The molecule has 0 fully saturated rings. The first-order valence-electron chi connectivity index (χ1n) is 3.60. The molecule has 1 aromatic rings. The molecule has 4 nitrogen and oxygen atoms in total. The summed E-state index contributed by atoms with van der Waals surface area (Å²) >= 11 is 0. The molecule has 0 aliphatic carbocycles. The summed E-state index contributed by atoms with van der Waals surface area (Å²) < 4.78 is 0. The lowest BCUT2D eigenvalue weighted by molar-refractivity contribution is 0.0695. The van der Waals surface area contributed by atoms with Crippen LogP contribution in [-0.4, -0.2) is 16.1 Å². The number of rotatable bonds is 2. The number of hydrogen-bond acceptors (Lipinski definition) is 2. The molecule has 2 N–H and O–H groups in total. The number of aromatic nitrogens is 1. The number of carboxylic acid groups (broad SMARTS) is 1. The van der Waals surface area contributed by atoms with E-state index in [4.69, 9.17) is 5.11 Å². The first-order valence-corrected chi connectivity index (χ1v) is 3.60. The van der Waals surface area contributed by atoms with Gasteiger partial charge in [0.05, 0.1) is 0 Å². The van der Waals surface area contributed by atoms with E-state index in [0.717, 1.165) is 5.69 Å². The maximum absolute atomic E-state index is 11.0. The average molecular weight is 167 g/mol. The van der Waals surface area contributed by atoms with Crippen LogP contribution in [0.5, 0.6) is 0 Å². The van der Waals surface area contributed by atoms with E-state index < -0.39 is 11.4 Å². The molecular formula is C8H9NO3. The van der Waals surface area contributed by atoms with E-state index in [-0.39, 0.29) is 5.56 Å². The summed E-state index contributed by atoms with van der Waals surface area (Å²) in [7, 11) is 0. The highest BCUT2D eigenvalue weighted by molar-refractivity contribution is 5.86. The molecule has 0 amide bonds. The lowest BCUT2D eigenvalue weighted by atomic mass is 10.2. The Bertz CT molecular complexity index is 354. The van der Waals surface area contributed by atoms with Crippen LogP contribution in [-0.2, 0) is 6.42 Å². The van der Waals surface area contributed by atoms with Crippen molar-refractivity contribution in [3.63, 3.8) is 0 Å². The Kier molecular flexibility index (Phi) is 2.28. The Labute approximate surface area is 68.9 Å². The fourth-order valence-electron chi connectivity index (χ4n) is 0.885. The molecule has 0 atom stereocenters. The fourth-order valence-corrected chi connectivity index (χ4v) is 0.885. The third-order valence-corrected chi connectivity index (χ3v) is 1.58. The van der Waals surface area contributed by atoms with Crippen molar-refractivity contribution in [1.82, 2.24) is 4.98 Å². The van der Waals surface area contributed by atoms with Crippen molar-refractivity contribution in [3.8, 4) is 0 Å². The summed E-state index contributed by atoms with van der Waals surface area (Å²) in [5, 5.41) is 8.51. The first kappa shape index (κ1) is 8.52. The molecule has 0 aromatic carbocycles. The molecule has 0 radical (unpaired) electrons. The minimum Gasteiger partial charge on any atom is -0.477 e. The smallest absolute Gasteiger partial charge is 0.341 e. The van der Waals surface area contributed by atoms with Gasteiger partial charge in [0.15, 0.2) is 5.43 Å². The van der Waals surface area contributed by atoms with Gasteiger partial charge in [0.2, 0.25) is 0 Å². The molecule has 0 saturated heterocycles. The number of hydrogen-bond donors (Lipinski definition) is 2. The van der Waals surface area contributed by atoms with Gasteiger partial charge in [-0.05, 0) is 6.42 Å². The van der Waals surface area contributed by atoms with Crippen LogP contribution in [0.3, 0.4) is 0 Å². The van der Waals surface area contributed by atoms with Gasteiger partial charge in [-0.2, -0.15) is 0 Å². The van der Waals surface area contributed by atoms with Gasteiger partial charge in [-0.15, -0.1) is 0 Å². The van der Waals surface area contributed by atoms with E-state index in [1.807, 2.05) is 6.92 Å². The molecule has 0 bridgehead atoms. The van der Waals surface area contributed by atoms with E-state index in [1.165, 1.54) is 12.3 Å². The minimum atomic E-state index is -1.20. The van der Waals surface area contributed by atoms with Crippen molar-refractivity contribution >= 4 is 5.97 Å². The highest BCUT2D eigenvalue weighted by Crippen LogP contribution is 1.93. The minimum absolute atomic E-state index is 0.216. The van der Waals surface area contributed by atoms with Crippen molar-refractivity contribution in [2.45, 2.75) is 13.3 Å². The standard InChI is InChI=1S/C8H9NO3/c1-2-5-3-7(10)6(4-9-5)8(11)12/h3-4H,2H2,1H3,(H,9,10)(H,11,12). The summed E-state index contributed by atoms with van der Waals surface area (Å²) in [6.45, 7) is 1.88. The van der Waals surface area contributed by atoms with E-state index in [1.54, 1.807) is 0 Å². The normalized spacial score (nSPS) is 9.75. The lowest BCUT2D eigenvalue weighted by Crippen LogP contribution is -2.15. The summed E-state index contributed by atoms with van der Waals surface area (Å²) in [5.74, 6) is -1.20. The monoisotopic (exact) mass is 167 g/mol. The zero-order valence-electron chi connectivity index (χ0n) is 6.63. The number of carboxylic acids is 1. The zero-order chi connectivity index (χ0) is 9.14. The van der Waals surface area contributed by atoms with Crippen LogP contribution < -0.4 is 5.43 Å². The van der Waals surface area contributed by atoms with Gasteiger partial charge in [-0.3, -0.25) is 4.79 Å². The number of aromatic carboxylic acids is 1. The van der Waals surface area contributed by atoms with Crippen LogP contribution in [0, 0.1) is 0 Å². The average Bonchev–Trinajstić information content (AvgIpc) is 2.03. The molecule has 12 heavy (non-hydrogen) atoms. The maximum atomic E-state index is 11.0. The van der Waals surface area contributed by atoms with Gasteiger partial charge in [-0.25, -0.2) is 4.79 Å². The van der Waals surface area contributed by atoms with Crippen molar-refractivity contribution in [2.24, 2.45) is 0 Å². The number of nitrogens with one attached hydrogen (secondary N) is 1. The molecule has 0 aliphatic rings. The van der Waals surface area contributed by atoms with Crippen molar-refractivity contribution in [3.05, 3.63) is 33.7 Å². The van der Waals surface area contributed by atoms with Crippen molar-refractivity contribution in [2.75, 3.05) is 0 Å². The van der Waals surface area contributed by atoms with Gasteiger partial charge in [0, 0.05) is 18.0 Å². The van der Waals surface area contributed by atoms with E-state index in [9.17, 15) is 9.59 Å². The highest BCUT2D eigenvalue weighted by Gasteiger charge is 2.07. The first-order chi connectivity index (χ1) is 5.65. The third-order valence-electron chi connectivity index (χ3n) is 1.58. The molecule has 1 rings (SSSR count). The maximum Gasteiger partial charge on any atom is 0.341 e. The second-order valence-corrected chi connectivity index (χ2v) is 2.39. The number of aryl methyl sites for hydroxylation is 1. The Hall–Kier alpha value is -1.58. The predicted molar refractivity (Wildman–Crippen MR) is 43.4 cm³/mol. The van der Waals surface area contributed by atoms with Crippen LogP contribution >= 0.6 is 0 Å². The Morgan fingerprint density at radius 2 is 2.33 bits per heavy atom. The largest absolute Gasteiger partial charge is 0.477 e. The van der Waals surface area contributed by atoms with E-state index in [0.29, 0.717) is 6.42 Å². The van der Waals surface area contributed by atoms with E-state index in [2.05, 4.69) is 4.98 Å². The number of aromatic amines is 1. The highest BCUT2D eigenvalue weighted by atomic mass is 16.4. The van der Waals surface area contributed by atoms with Crippen molar-refractivity contribution < 1.29 is 9.90 Å². The van der Waals surface area contributed by atoms with E-state index >= 15 is 0 Å². The molecule has 0 spiro atoms. The van der Waals surface area contributed by atoms with Gasteiger partial charge in [0.25, 0.3) is 0 Å². The molecule has 4 heteroatoms. The Balaban J connectivity index is 3.21. The van der Waals surface area contributed by atoms with Crippen LogP contribution in [0.2, 0.25) is 0 Å². The number of H-pyrrole nitrogens is 1. The molecular weight excluding hydrogens is 158 g/mol. The number of pyridine rings is 1. The fraction of sp³-hybridized carbons (Fsp3) is 0.250. The second-order valence-electron chi connectivity index (χ2n) is 2.39. The zero-order valence-corrected chi connectivity index (χ0v) is 6.63. The molecule has 64 valence electrons. The van der Waals surface area contributed by atoms with Crippen LogP contribution in [0.4, 0.5) is 0 Å². The van der Waals surface area contributed by atoms with Crippen molar-refractivity contribution in [1.29, 1.82) is 0 Å². The van der Waals surface area contributed by atoms with Crippen LogP contribution in [0.25, 0.3) is 0 Å². The summed E-state index contributed by atoms with van der Waals surface area (Å²) in [6, 6.07) is 1.31. The SMILES string of the molecule is CCc1cc(=O)c(C(=O)O)c[nH]1. The molecule has 0 aliphatic heterocycles. The quantitative estimate of drug-likeness (QED) is 0.678. The Morgan fingerprint density at radius 1 is 1.67 bits per heavy atom. The third kappa shape index (κ3) is 1.53.